The number of carbonyl (C=O) groups is 2. The van der Waals surface area contributed by atoms with Gasteiger partial charge in [0.1, 0.15) is 11.9 Å². The molecule has 0 saturated carbocycles. The van der Waals surface area contributed by atoms with Crippen molar-refractivity contribution in [3.8, 4) is 0 Å². The molecule has 35 heavy (non-hydrogen) atoms. The molecule has 4 atom stereocenters. The zero-order valence-electron chi connectivity index (χ0n) is 22.6. The van der Waals surface area contributed by atoms with Gasteiger partial charge in [0.05, 0.1) is 5.92 Å². The van der Waals surface area contributed by atoms with E-state index in [9.17, 15) is 22.8 Å². The van der Waals surface area contributed by atoms with Crippen molar-refractivity contribution in [2.75, 3.05) is 13.7 Å². The van der Waals surface area contributed by atoms with E-state index in [1.165, 1.54) is 18.2 Å². The molecule has 9 heteroatoms. The molecule has 1 aromatic rings. The second-order valence-corrected chi connectivity index (χ2v) is 15.8. The first-order valence-electron chi connectivity index (χ1n) is 11.9. The van der Waals surface area contributed by atoms with E-state index in [1.54, 1.807) is 27.7 Å². The minimum absolute atomic E-state index is 0.0318. The molecule has 0 aromatic heterocycles. The second-order valence-electron chi connectivity index (χ2n) is 11.0. The van der Waals surface area contributed by atoms with Crippen LogP contribution in [0.1, 0.15) is 54.0 Å². The number of benzene rings is 1. The van der Waals surface area contributed by atoms with Crippen molar-refractivity contribution in [3.05, 3.63) is 35.9 Å². The Hall–Kier alpha value is -1.71. The van der Waals surface area contributed by atoms with Crippen molar-refractivity contribution in [2.24, 2.45) is 17.8 Å². The van der Waals surface area contributed by atoms with Crippen LogP contribution in [0.15, 0.2) is 30.3 Å². The van der Waals surface area contributed by atoms with E-state index < -0.39 is 55.5 Å². The summed E-state index contributed by atoms with van der Waals surface area (Å²) in [6.07, 6.45) is -6.16. The summed E-state index contributed by atoms with van der Waals surface area (Å²) in [4.78, 5) is 26.3. The van der Waals surface area contributed by atoms with E-state index in [0.717, 1.165) is 19.2 Å². The Morgan fingerprint density at radius 3 is 1.89 bits per heavy atom. The Labute approximate surface area is 208 Å². The van der Waals surface area contributed by atoms with E-state index in [1.807, 2.05) is 0 Å². The monoisotopic (exact) mass is 518 g/mol. The molecule has 0 spiro atoms. The second kappa shape index (κ2) is 11.6. The number of carbonyl (C=O) groups excluding carboxylic acids is 2. The third-order valence-corrected chi connectivity index (χ3v) is 11.5. The molecule has 0 fully saturated rings. The average Bonchev–Trinajstić information content (AvgIpc) is 2.74. The Morgan fingerprint density at radius 1 is 0.971 bits per heavy atom. The van der Waals surface area contributed by atoms with Crippen LogP contribution in [0.3, 0.4) is 0 Å². The van der Waals surface area contributed by atoms with Crippen LogP contribution in [-0.2, 0) is 29.1 Å². The number of ketones is 1. The smallest absolute Gasteiger partial charge is 0.432 e. The molecule has 0 heterocycles. The van der Waals surface area contributed by atoms with Crippen molar-refractivity contribution in [3.63, 3.8) is 0 Å². The van der Waals surface area contributed by atoms with Gasteiger partial charge in [-0.1, -0.05) is 78.8 Å². The summed E-state index contributed by atoms with van der Waals surface area (Å²) in [6, 6.07) is 6.64. The lowest BCUT2D eigenvalue weighted by Gasteiger charge is -2.38. The number of hydrogen-bond donors (Lipinski definition) is 0. The minimum Gasteiger partial charge on any atom is -0.459 e. The predicted molar refractivity (Wildman–Crippen MR) is 132 cm³/mol. The molecule has 1 rings (SSSR count). The van der Waals surface area contributed by atoms with Crippen molar-refractivity contribution < 1.29 is 36.7 Å². The number of Topliss-reactive ketones (excluding diaryl/α,β-unsaturated/α-hetero) is 1. The van der Waals surface area contributed by atoms with E-state index in [0.29, 0.717) is 0 Å². The molecule has 0 aliphatic heterocycles. The number of hydrogen-bond acceptors (Lipinski definition) is 5. The summed E-state index contributed by atoms with van der Waals surface area (Å²) in [5.74, 6) is -3.59. The summed E-state index contributed by atoms with van der Waals surface area (Å²) >= 11 is 0. The van der Waals surface area contributed by atoms with Crippen molar-refractivity contribution in [2.45, 2.75) is 84.5 Å². The molecule has 5 nitrogen and oxygen atoms in total. The maximum Gasteiger partial charge on any atom is 0.432 e. The van der Waals surface area contributed by atoms with Gasteiger partial charge in [0.2, 0.25) is 0 Å². The predicted octanol–water partition coefficient (Wildman–Crippen LogP) is 6.52. The number of halogens is 3. The molecule has 0 saturated heterocycles. The summed E-state index contributed by atoms with van der Waals surface area (Å²) in [6.45, 7) is 17.3. The van der Waals surface area contributed by atoms with Gasteiger partial charge in [0.15, 0.2) is 8.32 Å². The van der Waals surface area contributed by atoms with Gasteiger partial charge in [-0.15, -0.1) is 0 Å². The van der Waals surface area contributed by atoms with Gasteiger partial charge in [0.25, 0.3) is 5.60 Å². The standard InChI is InChI=1S/C26H41F3O5Si/c1-17(2)22(19(4)21(30)18(3)16-33-35(9,10)24(5,6)7)34-23(31)25(32-8,26(27,28)29)20-14-12-11-13-15-20/h11-15,17-19,22H,16H2,1-10H3/t18-,19-,22-,25-/m0/s1. The normalized spacial score (nSPS) is 17.4. The number of ether oxygens (including phenoxy) is 2. The third-order valence-electron chi connectivity index (χ3n) is 7.00. The van der Waals surface area contributed by atoms with E-state index in [4.69, 9.17) is 13.9 Å². The van der Waals surface area contributed by atoms with Gasteiger partial charge in [-0.3, -0.25) is 4.79 Å². The zero-order chi connectivity index (χ0) is 27.4. The van der Waals surface area contributed by atoms with Crippen molar-refractivity contribution >= 4 is 20.1 Å². The quantitative estimate of drug-likeness (QED) is 0.246. The van der Waals surface area contributed by atoms with Crippen LogP contribution in [0.5, 0.6) is 0 Å². The van der Waals surface area contributed by atoms with E-state index >= 15 is 0 Å². The summed E-state index contributed by atoms with van der Waals surface area (Å²) in [5.41, 5.74) is -3.70. The lowest BCUT2D eigenvalue weighted by molar-refractivity contribution is -0.279. The number of methoxy groups -OCH3 is 1. The third kappa shape index (κ3) is 6.95. The van der Waals surface area contributed by atoms with Gasteiger partial charge in [-0.25, -0.2) is 4.79 Å². The lowest BCUT2D eigenvalue weighted by Crippen LogP contribution is -2.53. The van der Waals surface area contributed by atoms with Gasteiger partial charge in [-0.05, 0) is 24.1 Å². The maximum atomic E-state index is 14.3. The molecular weight excluding hydrogens is 477 g/mol. The zero-order valence-corrected chi connectivity index (χ0v) is 23.6. The van der Waals surface area contributed by atoms with Crippen LogP contribution in [0.2, 0.25) is 18.1 Å². The molecule has 1 aromatic carbocycles. The SMILES string of the molecule is CO[C@](C(=O)O[C@@H](C(C)C)[C@@H](C)C(=O)[C@@H](C)CO[Si](C)(C)C(C)(C)C)(c1ccccc1)C(F)(F)F. The number of esters is 1. The summed E-state index contributed by atoms with van der Waals surface area (Å²) < 4.78 is 59.2. The van der Waals surface area contributed by atoms with Crippen molar-refractivity contribution in [1.82, 2.24) is 0 Å². The first kappa shape index (κ1) is 31.3. The highest BCUT2D eigenvalue weighted by Crippen LogP contribution is 2.44. The van der Waals surface area contributed by atoms with E-state index in [-0.39, 0.29) is 17.4 Å². The fourth-order valence-electron chi connectivity index (χ4n) is 3.65. The molecule has 0 unspecified atom stereocenters. The lowest BCUT2D eigenvalue weighted by atomic mass is 9.86. The Kier molecular flexibility index (Phi) is 10.3. The van der Waals surface area contributed by atoms with Gasteiger partial charge in [0, 0.05) is 25.2 Å². The van der Waals surface area contributed by atoms with Gasteiger partial charge < -0.3 is 13.9 Å². The minimum atomic E-state index is -5.08. The molecule has 0 bridgehead atoms. The van der Waals surface area contributed by atoms with Gasteiger partial charge >= 0.3 is 12.1 Å². The molecule has 0 aliphatic rings. The molecule has 0 amide bonds. The molecule has 0 aliphatic carbocycles. The molecular formula is C26H41F3O5Si. The van der Waals surface area contributed by atoms with Crippen LogP contribution in [0.25, 0.3) is 0 Å². The topological polar surface area (TPSA) is 61.8 Å². The van der Waals surface area contributed by atoms with Crippen LogP contribution < -0.4 is 0 Å². The fraction of sp³-hybridized carbons (Fsp3) is 0.692. The van der Waals surface area contributed by atoms with Crippen molar-refractivity contribution in [1.29, 1.82) is 0 Å². The van der Waals surface area contributed by atoms with E-state index in [2.05, 4.69) is 33.9 Å². The molecule has 200 valence electrons. The van der Waals surface area contributed by atoms with Gasteiger partial charge in [-0.2, -0.15) is 13.2 Å². The highest BCUT2D eigenvalue weighted by atomic mass is 28.4. The Morgan fingerprint density at radius 2 is 1.49 bits per heavy atom. The van der Waals surface area contributed by atoms with Crippen LogP contribution in [0.4, 0.5) is 13.2 Å². The number of rotatable bonds is 11. The molecule has 0 radical (unpaired) electrons. The molecule has 0 N–H and O–H groups in total. The summed E-state index contributed by atoms with van der Waals surface area (Å²) in [5, 5.41) is -0.0318. The fourth-order valence-corrected chi connectivity index (χ4v) is 4.75. The Balaban J connectivity index is 3.18. The number of alkyl halides is 3. The summed E-state index contributed by atoms with van der Waals surface area (Å²) in [7, 11) is -1.27. The first-order chi connectivity index (χ1) is 15.8. The van der Waals surface area contributed by atoms with Crippen LogP contribution in [0, 0.1) is 17.8 Å². The van der Waals surface area contributed by atoms with Crippen LogP contribution in [-0.4, -0.2) is 46.1 Å². The maximum absolute atomic E-state index is 14.3. The largest absolute Gasteiger partial charge is 0.459 e. The average molecular weight is 519 g/mol. The highest BCUT2D eigenvalue weighted by molar-refractivity contribution is 6.74. The Bertz CT molecular complexity index is 849. The first-order valence-corrected chi connectivity index (χ1v) is 14.8. The van der Waals surface area contributed by atoms with Crippen LogP contribution >= 0.6 is 0 Å². The highest BCUT2D eigenvalue weighted by Gasteiger charge is 2.64.